The lowest BCUT2D eigenvalue weighted by molar-refractivity contribution is 0.197. The van der Waals surface area contributed by atoms with Gasteiger partial charge in [-0.05, 0) is 42.5 Å². The molecule has 0 bridgehead atoms. The molecule has 1 aromatic carbocycles. The first-order valence-electron chi connectivity index (χ1n) is 7.71. The molecule has 0 heterocycles. The van der Waals surface area contributed by atoms with Gasteiger partial charge in [0, 0.05) is 12.6 Å². The molecule has 0 aliphatic heterocycles. The highest BCUT2D eigenvalue weighted by molar-refractivity contribution is 5.31. The van der Waals surface area contributed by atoms with Gasteiger partial charge in [0.1, 0.15) is 18.1 Å². The topological polar surface area (TPSA) is 30.5 Å². The molecule has 0 radical (unpaired) electrons. The van der Waals surface area contributed by atoms with E-state index in [4.69, 9.17) is 9.47 Å². The number of hydrogen-bond donors (Lipinski definition) is 1. The number of rotatable bonds is 6. The molecule has 1 saturated carbocycles. The Kier molecular flexibility index (Phi) is 5.72. The predicted octanol–water partition coefficient (Wildman–Crippen LogP) is 3.49. The average Bonchev–Trinajstić information content (AvgIpc) is 2.48. The van der Waals surface area contributed by atoms with Gasteiger partial charge >= 0.3 is 0 Å². The Morgan fingerprint density at radius 2 is 1.80 bits per heavy atom. The Labute approximate surface area is 122 Å². The summed E-state index contributed by atoms with van der Waals surface area (Å²) in [6.07, 6.45) is 4.03. The standard InChI is InChI=1S/C17H27NO2/c1-13-5-4-6-17(14(13)2)18-11-12-20-16-9-7-15(19-3)8-10-16/h7-10,13-14,17-18H,4-6,11-12H2,1-3H3/t13-,14+,17+/m0/s1. The summed E-state index contributed by atoms with van der Waals surface area (Å²) in [7, 11) is 1.67. The van der Waals surface area contributed by atoms with Gasteiger partial charge in [-0.15, -0.1) is 0 Å². The van der Waals surface area contributed by atoms with E-state index in [2.05, 4.69) is 19.2 Å². The Hall–Kier alpha value is -1.22. The highest BCUT2D eigenvalue weighted by Gasteiger charge is 2.26. The summed E-state index contributed by atoms with van der Waals surface area (Å²) in [4.78, 5) is 0. The molecule has 3 heteroatoms. The molecule has 1 aliphatic rings. The van der Waals surface area contributed by atoms with Gasteiger partial charge in [-0.3, -0.25) is 0 Å². The highest BCUT2D eigenvalue weighted by atomic mass is 16.5. The van der Waals surface area contributed by atoms with Crippen LogP contribution in [0, 0.1) is 11.8 Å². The van der Waals surface area contributed by atoms with E-state index in [1.165, 1.54) is 19.3 Å². The molecular weight excluding hydrogens is 250 g/mol. The minimum Gasteiger partial charge on any atom is -0.497 e. The third kappa shape index (κ3) is 4.14. The zero-order valence-electron chi connectivity index (χ0n) is 12.9. The molecule has 0 saturated heterocycles. The quantitative estimate of drug-likeness (QED) is 0.807. The molecule has 3 nitrogen and oxygen atoms in total. The minimum atomic E-state index is 0.651. The Balaban J connectivity index is 1.68. The summed E-state index contributed by atoms with van der Waals surface area (Å²) in [5.74, 6) is 3.37. The molecular formula is C17H27NO2. The first kappa shape index (κ1) is 15.2. The number of benzene rings is 1. The van der Waals surface area contributed by atoms with E-state index in [0.717, 1.165) is 29.9 Å². The van der Waals surface area contributed by atoms with Gasteiger partial charge in [0.2, 0.25) is 0 Å². The molecule has 3 atom stereocenters. The highest BCUT2D eigenvalue weighted by Crippen LogP contribution is 2.29. The number of ether oxygens (including phenoxy) is 2. The Morgan fingerprint density at radius 3 is 2.50 bits per heavy atom. The Bertz CT molecular complexity index is 390. The van der Waals surface area contributed by atoms with Crippen LogP contribution in [0.25, 0.3) is 0 Å². The van der Waals surface area contributed by atoms with Crippen molar-refractivity contribution >= 4 is 0 Å². The fourth-order valence-corrected chi connectivity index (χ4v) is 2.96. The summed E-state index contributed by atoms with van der Waals surface area (Å²) >= 11 is 0. The molecule has 1 N–H and O–H groups in total. The van der Waals surface area contributed by atoms with Gasteiger partial charge in [-0.2, -0.15) is 0 Å². The second kappa shape index (κ2) is 7.53. The van der Waals surface area contributed by atoms with Crippen molar-refractivity contribution < 1.29 is 9.47 Å². The van der Waals surface area contributed by atoms with Gasteiger partial charge in [0.25, 0.3) is 0 Å². The van der Waals surface area contributed by atoms with E-state index < -0.39 is 0 Å². The lowest BCUT2D eigenvalue weighted by atomic mass is 9.78. The van der Waals surface area contributed by atoms with Crippen LogP contribution in [0.15, 0.2) is 24.3 Å². The predicted molar refractivity (Wildman–Crippen MR) is 82.5 cm³/mol. The molecule has 0 aromatic heterocycles. The molecule has 1 aliphatic carbocycles. The molecule has 1 fully saturated rings. The SMILES string of the molecule is COc1ccc(OCCN[C@@H]2CCC[C@H](C)[C@H]2C)cc1. The van der Waals surface area contributed by atoms with E-state index >= 15 is 0 Å². The number of nitrogens with one attached hydrogen (secondary N) is 1. The smallest absolute Gasteiger partial charge is 0.119 e. The van der Waals surface area contributed by atoms with Crippen molar-refractivity contribution in [1.29, 1.82) is 0 Å². The summed E-state index contributed by atoms with van der Waals surface area (Å²) in [6.45, 7) is 6.36. The van der Waals surface area contributed by atoms with E-state index in [1.807, 2.05) is 24.3 Å². The molecule has 0 unspecified atom stereocenters. The van der Waals surface area contributed by atoms with Crippen LogP contribution in [0.1, 0.15) is 33.1 Å². The van der Waals surface area contributed by atoms with Crippen LogP contribution in [0.2, 0.25) is 0 Å². The zero-order valence-corrected chi connectivity index (χ0v) is 12.9. The van der Waals surface area contributed by atoms with Crippen molar-refractivity contribution in [2.24, 2.45) is 11.8 Å². The zero-order chi connectivity index (χ0) is 14.4. The van der Waals surface area contributed by atoms with Gasteiger partial charge in [-0.25, -0.2) is 0 Å². The molecule has 0 spiro atoms. The minimum absolute atomic E-state index is 0.651. The largest absolute Gasteiger partial charge is 0.497 e. The van der Waals surface area contributed by atoms with E-state index in [1.54, 1.807) is 7.11 Å². The van der Waals surface area contributed by atoms with Crippen molar-refractivity contribution in [1.82, 2.24) is 5.32 Å². The van der Waals surface area contributed by atoms with E-state index in [0.29, 0.717) is 12.6 Å². The van der Waals surface area contributed by atoms with Crippen LogP contribution in [-0.4, -0.2) is 26.3 Å². The van der Waals surface area contributed by atoms with Crippen LogP contribution in [-0.2, 0) is 0 Å². The van der Waals surface area contributed by atoms with Crippen LogP contribution >= 0.6 is 0 Å². The van der Waals surface area contributed by atoms with Crippen LogP contribution in [0.4, 0.5) is 0 Å². The summed E-state index contributed by atoms with van der Waals surface area (Å²) in [6, 6.07) is 8.40. The monoisotopic (exact) mass is 277 g/mol. The second-order valence-corrected chi connectivity index (χ2v) is 5.85. The van der Waals surface area contributed by atoms with Crippen LogP contribution < -0.4 is 14.8 Å². The van der Waals surface area contributed by atoms with Crippen molar-refractivity contribution in [2.45, 2.75) is 39.2 Å². The lowest BCUT2D eigenvalue weighted by Crippen LogP contribution is -2.42. The maximum atomic E-state index is 5.74. The van der Waals surface area contributed by atoms with Gasteiger partial charge in [0.05, 0.1) is 7.11 Å². The van der Waals surface area contributed by atoms with E-state index in [-0.39, 0.29) is 0 Å². The van der Waals surface area contributed by atoms with Gasteiger partial charge in [-0.1, -0.05) is 26.7 Å². The maximum Gasteiger partial charge on any atom is 0.119 e. The number of hydrogen-bond acceptors (Lipinski definition) is 3. The fraction of sp³-hybridized carbons (Fsp3) is 0.647. The number of methoxy groups -OCH3 is 1. The third-order valence-corrected chi connectivity index (χ3v) is 4.54. The maximum absolute atomic E-state index is 5.74. The van der Waals surface area contributed by atoms with Crippen LogP contribution in [0.3, 0.4) is 0 Å². The fourth-order valence-electron chi connectivity index (χ4n) is 2.96. The normalized spacial score (nSPS) is 26.2. The average molecular weight is 277 g/mol. The summed E-state index contributed by atoms with van der Waals surface area (Å²) in [5.41, 5.74) is 0. The summed E-state index contributed by atoms with van der Waals surface area (Å²) in [5, 5.41) is 3.64. The van der Waals surface area contributed by atoms with Gasteiger partial charge < -0.3 is 14.8 Å². The van der Waals surface area contributed by atoms with Gasteiger partial charge in [0.15, 0.2) is 0 Å². The van der Waals surface area contributed by atoms with Crippen molar-refractivity contribution in [2.75, 3.05) is 20.3 Å². The van der Waals surface area contributed by atoms with Crippen LogP contribution in [0.5, 0.6) is 11.5 Å². The molecule has 2 rings (SSSR count). The second-order valence-electron chi connectivity index (χ2n) is 5.85. The summed E-state index contributed by atoms with van der Waals surface area (Å²) < 4.78 is 10.9. The molecule has 112 valence electrons. The first-order valence-corrected chi connectivity index (χ1v) is 7.71. The molecule has 20 heavy (non-hydrogen) atoms. The Morgan fingerprint density at radius 1 is 1.10 bits per heavy atom. The first-order chi connectivity index (χ1) is 9.70. The van der Waals surface area contributed by atoms with E-state index in [9.17, 15) is 0 Å². The van der Waals surface area contributed by atoms with Crippen molar-refractivity contribution in [3.63, 3.8) is 0 Å². The molecule has 0 amide bonds. The van der Waals surface area contributed by atoms with Crippen molar-refractivity contribution in [3.05, 3.63) is 24.3 Å². The van der Waals surface area contributed by atoms with Crippen molar-refractivity contribution in [3.8, 4) is 11.5 Å². The molecule has 1 aromatic rings. The lowest BCUT2D eigenvalue weighted by Gasteiger charge is -2.34. The third-order valence-electron chi connectivity index (χ3n) is 4.54.